The minimum Gasteiger partial charge on any atom is -0.467 e. The molecule has 2 aromatic rings. The number of hydrazone groups is 1. The minimum atomic E-state index is -0.168. The predicted molar refractivity (Wildman–Crippen MR) is 121 cm³/mol. The van der Waals surface area contributed by atoms with Crippen molar-refractivity contribution < 1.29 is 9.21 Å². The van der Waals surface area contributed by atoms with Crippen LogP contribution in [0.25, 0.3) is 0 Å². The van der Waals surface area contributed by atoms with E-state index < -0.39 is 0 Å². The minimum absolute atomic E-state index is 0.0665. The second-order valence-electron chi connectivity index (χ2n) is 9.16. The van der Waals surface area contributed by atoms with Gasteiger partial charge in [0.1, 0.15) is 11.8 Å². The monoisotopic (exact) mass is 420 g/mol. The average molecular weight is 421 g/mol. The maximum atomic E-state index is 13.4. The molecule has 2 saturated heterocycles. The lowest BCUT2D eigenvalue weighted by Gasteiger charge is -2.29. The van der Waals surface area contributed by atoms with E-state index in [-0.39, 0.29) is 11.9 Å². The largest absolute Gasteiger partial charge is 0.467 e. The fourth-order valence-electron chi connectivity index (χ4n) is 5.18. The quantitative estimate of drug-likeness (QED) is 0.713. The molecule has 1 amide bonds. The molecule has 6 heteroatoms. The third-order valence-electron chi connectivity index (χ3n) is 6.93. The van der Waals surface area contributed by atoms with Gasteiger partial charge >= 0.3 is 0 Å². The number of carbonyl (C=O) groups is 1. The standard InChI is InChI=1S/C25H32N4O2/c1-19-8-10-20(11-9-19)22-16-23(24-7-5-15-31-24)29(26-22)25(30)18-28-14-4-6-21(28)17-27-12-2-3-13-27/h5,7-11,15,21,23H,2-4,6,12-14,16-18H2,1H3. The molecule has 0 spiro atoms. The first-order valence-corrected chi connectivity index (χ1v) is 11.6. The van der Waals surface area contributed by atoms with Gasteiger partial charge in [-0.15, -0.1) is 0 Å². The smallest absolute Gasteiger partial charge is 0.257 e. The summed E-state index contributed by atoms with van der Waals surface area (Å²) >= 11 is 0. The van der Waals surface area contributed by atoms with E-state index in [4.69, 9.17) is 9.52 Å². The number of benzene rings is 1. The summed E-state index contributed by atoms with van der Waals surface area (Å²) in [6, 6.07) is 12.5. The zero-order valence-corrected chi connectivity index (χ0v) is 18.4. The zero-order valence-electron chi connectivity index (χ0n) is 18.4. The molecule has 3 aliphatic rings. The van der Waals surface area contributed by atoms with Gasteiger partial charge in [-0.05, 0) is 69.9 Å². The number of carbonyl (C=O) groups excluding carboxylic acids is 1. The van der Waals surface area contributed by atoms with Crippen molar-refractivity contribution in [2.45, 2.75) is 51.1 Å². The Labute approximate surface area is 184 Å². The van der Waals surface area contributed by atoms with Gasteiger partial charge in [0.2, 0.25) is 0 Å². The van der Waals surface area contributed by atoms with Crippen molar-refractivity contribution in [2.75, 3.05) is 32.7 Å². The summed E-state index contributed by atoms with van der Waals surface area (Å²) in [5.74, 6) is 0.867. The SMILES string of the molecule is Cc1ccc(C2=NN(C(=O)CN3CCCC3CN3CCCC3)C(c3ccco3)C2)cc1. The highest BCUT2D eigenvalue weighted by molar-refractivity contribution is 6.03. The lowest BCUT2D eigenvalue weighted by atomic mass is 10.0. The molecular weight excluding hydrogens is 388 g/mol. The summed E-state index contributed by atoms with van der Waals surface area (Å²) in [4.78, 5) is 18.4. The van der Waals surface area contributed by atoms with Crippen LogP contribution >= 0.6 is 0 Å². The second-order valence-corrected chi connectivity index (χ2v) is 9.16. The van der Waals surface area contributed by atoms with Crippen molar-refractivity contribution in [3.05, 3.63) is 59.5 Å². The first kappa shape index (κ1) is 20.5. The molecule has 6 nitrogen and oxygen atoms in total. The fraction of sp³-hybridized carbons (Fsp3) is 0.520. The number of nitrogens with zero attached hydrogens (tertiary/aromatic N) is 4. The van der Waals surface area contributed by atoms with Gasteiger partial charge in [-0.3, -0.25) is 9.69 Å². The first-order valence-electron chi connectivity index (χ1n) is 11.6. The molecule has 2 fully saturated rings. The van der Waals surface area contributed by atoms with Crippen LogP contribution in [0, 0.1) is 6.92 Å². The predicted octanol–water partition coefficient (Wildman–Crippen LogP) is 3.83. The van der Waals surface area contributed by atoms with E-state index in [0.29, 0.717) is 19.0 Å². The molecule has 4 heterocycles. The molecule has 0 bridgehead atoms. The Morgan fingerprint density at radius 3 is 2.65 bits per heavy atom. The molecule has 0 N–H and O–H groups in total. The van der Waals surface area contributed by atoms with Crippen molar-refractivity contribution in [3.8, 4) is 0 Å². The van der Waals surface area contributed by atoms with Crippen molar-refractivity contribution >= 4 is 11.6 Å². The Kier molecular flexibility index (Phi) is 5.92. The van der Waals surface area contributed by atoms with Crippen molar-refractivity contribution in [1.82, 2.24) is 14.8 Å². The number of likely N-dealkylation sites (tertiary alicyclic amines) is 2. The molecule has 1 aromatic heterocycles. The van der Waals surface area contributed by atoms with Gasteiger partial charge in [-0.25, -0.2) is 5.01 Å². The highest BCUT2D eigenvalue weighted by Gasteiger charge is 2.37. The van der Waals surface area contributed by atoms with Gasteiger partial charge < -0.3 is 9.32 Å². The molecule has 31 heavy (non-hydrogen) atoms. The summed E-state index contributed by atoms with van der Waals surface area (Å²) in [6.45, 7) is 7.01. The van der Waals surface area contributed by atoms with E-state index in [9.17, 15) is 4.79 Å². The molecule has 0 radical (unpaired) electrons. The molecule has 5 rings (SSSR count). The van der Waals surface area contributed by atoms with Crippen LogP contribution < -0.4 is 0 Å². The average Bonchev–Trinajstić information content (AvgIpc) is 3.57. The molecular formula is C25H32N4O2. The number of hydrogen-bond acceptors (Lipinski definition) is 5. The number of rotatable bonds is 6. The van der Waals surface area contributed by atoms with Crippen LogP contribution in [0.3, 0.4) is 0 Å². The Hall–Kier alpha value is -2.44. The maximum Gasteiger partial charge on any atom is 0.257 e. The van der Waals surface area contributed by atoms with Gasteiger partial charge in [0.15, 0.2) is 0 Å². The van der Waals surface area contributed by atoms with Crippen LogP contribution in [0.2, 0.25) is 0 Å². The number of aryl methyl sites for hydroxylation is 1. The first-order chi connectivity index (χ1) is 15.2. The van der Waals surface area contributed by atoms with Crippen LogP contribution in [0.5, 0.6) is 0 Å². The van der Waals surface area contributed by atoms with Gasteiger partial charge in [0.25, 0.3) is 5.91 Å². The Bertz CT molecular complexity index is 916. The van der Waals surface area contributed by atoms with Crippen molar-refractivity contribution in [3.63, 3.8) is 0 Å². The van der Waals surface area contributed by atoms with Gasteiger partial charge in [-0.1, -0.05) is 29.8 Å². The van der Waals surface area contributed by atoms with E-state index in [2.05, 4.69) is 41.0 Å². The Morgan fingerprint density at radius 1 is 1.10 bits per heavy atom. The Morgan fingerprint density at radius 2 is 1.90 bits per heavy atom. The number of furan rings is 1. The Balaban J connectivity index is 1.32. The lowest BCUT2D eigenvalue weighted by molar-refractivity contribution is -0.134. The van der Waals surface area contributed by atoms with E-state index in [1.54, 1.807) is 11.3 Å². The number of amides is 1. The van der Waals surface area contributed by atoms with Crippen LogP contribution in [-0.2, 0) is 4.79 Å². The summed E-state index contributed by atoms with van der Waals surface area (Å²) < 4.78 is 5.69. The van der Waals surface area contributed by atoms with Crippen molar-refractivity contribution in [2.24, 2.45) is 5.10 Å². The second kappa shape index (κ2) is 8.97. The normalized spacial score (nSPS) is 24.8. The summed E-state index contributed by atoms with van der Waals surface area (Å²) in [5.41, 5.74) is 3.24. The zero-order chi connectivity index (χ0) is 21.2. The topological polar surface area (TPSA) is 52.3 Å². The van der Waals surface area contributed by atoms with E-state index in [1.165, 1.54) is 44.3 Å². The third-order valence-corrected chi connectivity index (χ3v) is 6.93. The summed E-state index contributed by atoms with van der Waals surface area (Å²) in [6.07, 6.45) is 7.32. The van der Waals surface area contributed by atoms with Crippen LogP contribution in [0.1, 0.15) is 55.0 Å². The third kappa shape index (κ3) is 4.46. The molecule has 2 unspecified atom stereocenters. The fourth-order valence-corrected chi connectivity index (χ4v) is 5.18. The highest BCUT2D eigenvalue weighted by atomic mass is 16.3. The summed E-state index contributed by atoms with van der Waals surface area (Å²) in [7, 11) is 0. The molecule has 3 aliphatic heterocycles. The van der Waals surface area contributed by atoms with Gasteiger partial charge in [0, 0.05) is 19.0 Å². The van der Waals surface area contributed by atoms with E-state index in [1.807, 2.05) is 12.1 Å². The van der Waals surface area contributed by atoms with Crippen LogP contribution in [0.4, 0.5) is 0 Å². The van der Waals surface area contributed by atoms with E-state index in [0.717, 1.165) is 30.1 Å². The summed E-state index contributed by atoms with van der Waals surface area (Å²) in [5, 5.41) is 6.48. The number of hydrogen-bond donors (Lipinski definition) is 0. The van der Waals surface area contributed by atoms with Gasteiger partial charge in [-0.2, -0.15) is 5.10 Å². The maximum absolute atomic E-state index is 13.4. The lowest BCUT2D eigenvalue weighted by Crippen LogP contribution is -2.44. The van der Waals surface area contributed by atoms with Crippen LogP contribution in [-0.4, -0.2) is 65.2 Å². The molecule has 0 aliphatic carbocycles. The van der Waals surface area contributed by atoms with Gasteiger partial charge in [0.05, 0.1) is 18.5 Å². The van der Waals surface area contributed by atoms with Crippen molar-refractivity contribution in [1.29, 1.82) is 0 Å². The molecule has 1 aromatic carbocycles. The molecule has 164 valence electrons. The molecule has 2 atom stereocenters. The van der Waals surface area contributed by atoms with E-state index >= 15 is 0 Å². The molecule has 0 saturated carbocycles. The highest BCUT2D eigenvalue weighted by Crippen LogP contribution is 2.33. The van der Waals surface area contributed by atoms with Crippen LogP contribution in [0.15, 0.2) is 52.2 Å².